The number of likely N-dealkylation sites (N-methyl/N-ethyl adjacent to an activating group) is 1. The van der Waals surface area contributed by atoms with Crippen molar-refractivity contribution in [1.29, 1.82) is 0 Å². The molecule has 0 saturated carbocycles. The van der Waals surface area contributed by atoms with Gasteiger partial charge in [-0.1, -0.05) is 0 Å². The molecule has 1 amide bonds. The van der Waals surface area contributed by atoms with E-state index in [1.165, 1.54) is 4.90 Å². The zero-order valence-corrected chi connectivity index (χ0v) is 10.9. The molecule has 0 bridgehead atoms. The van der Waals surface area contributed by atoms with Gasteiger partial charge in [-0.3, -0.25) is 4.90 Å². The van der Waals surface area contributed by atoms with E-state index < -0.39 is 17.7 Å². The maximum absolute atomic E-state index is 11.8. The van der Waals surface area contributed by atoms with Crippen LogP contribution in [0.1, 0.15) is 33.6 Å². The molecule has 1 fully saturated rings. The summed E-state index contributed by atoms with van der Waals surface area (Å²) in [6.07, 6.45) is 1.78. The van der Waals surface area contributed by atoms with Crippen molar-refractivity contribution in [3.8, 4) is 0 Å². The van der Waals surface area contributed by atoms with E-state index >= 15 is 0 Å². The zero-order valence-electron chi connectivity index (χ0n) is 10.9. The number of carbonyl (C=O) groups is 2. The van der Waals surface area contributed by atoms with Crippen LogP contribution < -0.4 is 0 Å². The van der Waals surface area contributed by atoms with Crippen LogP contribution in [0.5, 0.6) is 0 Å². The molecule has 0 aromatic carbocycles. The third-order valence-electron chi connectivity index (χ3n) is 2.61. The second-order valence-corrected chi connectivity index (χ2v) is 5.27. The number of hydrogen-bond acceptors (Lipinski definition) is 4. The molecule has 1 rings (SSSR count). The first-order chi connectivity index (χ1) is 7.85. The Bertz CT molecular complexity index is 279. The van der Waals surface area contributed by atoms with Crippen LogP contribution in [-0.4, -0.2) is 48.7 Å². The topological polar surface area (TPSA) is 55.8 Å². The highest BCUT2D eigenvalue weighted by Gasteiger charge is 2.33. The minimum atomic E-state index is -0.563. The van der Waals surface area contributed by atoms with Gasteiger partial charge in [0, 0.05) is 13.7 Å². The average Bonchev–Trinajstić information content (AvgIpc) is 2.69. The van der Waals surface area contributed by atoms with E-state index in [0.717, 1.165) is 19.1 Å². The Labute approximate surface area is 102 Å². The van der Waals surface area contributed by atoms with Crippen LogP contribution in [0.3, 0.4) is 0 Å². The third kappa shape index (κ3) is 4.00. The fourth-order valence-electron chi connectivity index (χ4n) is 1.76. The molecule has 0 aromatic heterocycles. The molecule has 1 aliphatic rings. The predicted octanol–water partition coefficient (Wildman–Crippen LogP) is 1.60. The summed E-state index contributed by atoms with van der Waals surface area (Å²) in [5, 5.41) is 0. The molecule has 1 aliphatic heterocycles. The fraction of sp³-hybridized carbons (Fsp3) is 0.833. The molecule has 98 valence electrons. The van der Waals surface area contributed by atoms with E-state index in [4.69, 9.17) is 9.47 Å². The van der Waals surface area contributed by atoms with Crippen LogP contribution in [0.4, 0.5) is 4.79 Å². The van der Waals surface area contributed by atoms with Gasteiger partial charge in [0.2, 0.25) is 0 Å². The van der Waals surface area contributed by atoms with Crippen molar-refractivity contribution in [2.45, 2.75) is 51.4 Å². The van der Waals surface area contributed by atoms with Gasteiger partial charge in [-0.15, -0.1) is 0 Å². The lowest BCUT2D eigenvalue weighted by Gasteiger charge is -2.30. The first-order valence-corrected chi connectivity index (χ1v) is 5.88. The summed E-state index contributed by atoms with van der Waals surface area (Å²) in [5.74, 6) is 0. The summed E-state index contributed by atoms with van der Waals surface area (Å²) in [6, 6.07) is -0.563. The summed E-state index contributed by atoms with van der Waals surface area (Å²) >= 11 is 0. The van der Waals surface area contributed by atoms with Crippen molar-refractivity contribution in [2.75, 3.05) is 13.7 Å². The molecular weight excluding hydrogens is 222 g/mol. The van der Waals surface area contributed by atoms with Gasteiger partial charge in [0.15, 0.2) is 0 Å². The predicted molar refractivity (Wildman–Crippen MR) is 62.8 cm³/mol. The Balaban J connectivity index is 2.62. The van der Waals surface area contributed by atoms with Gasteiger partial charge in [-0.05, 0) is 33.6 Å². The number of rotatable bonds is 3. The maximum atomic E-state index is 11.8. The number of amides is 1. The molecule has 2 unspecified atom stereocenters. The van der Waals surface area contributed by atoms with E-state index in [-0.39, 0.29) is 6.10 Å². The smallest absolute Gasteiger partial charge is 0.410 e. The van der Waals surface area contributed by atoms with Crippen LogP contribution in [0.2, 0.25) is 0 Å². The number of ether oxygens (including phenoxy) is 2. The fourth-order valence-corrected chi connectivity index (χ4v) is 1.76. The largest absolute Gasteiger partial charge is 0.444 e. The quantitative estimate of drug-likeness (QED) is 0.706. The van der Waals surface area contributed by atoms with Crippen molar-refractivity contribution in [3.63, 3.8) is 0 Å². The number of aldehydes is 1. The highest BCUT2D eigenvalue weighted by molar-refractivity contribution is 5.73. The zero-order chi connectivity index (χ0) is 13.1. The summed E-state index contributed by atoms with van der Waals surface area (Å²) in [5.41, 5.74) is -0.560. The van der Waals surface area contributed by atoms with Crippen molar-refractivity contribution < 1.29 is 19.1 Å². The van der Waals surface area contributed by atoms with E-state index in [1.807, 2.05) is 0 Å². The Morgan fingerprint density at radius 1 is 1.53 bits per heavy atom. The van der Waals surface area contributed by atoms with Gasteiger partial charge in [-0.2, -0.15) is 0 Å². The summed E-state index contributed by atoms with van der Waals surface area (Å²) < 4.78 is 10.6. The van der Waals surface area contributed by atoms with E-state index in [1.54, 1.807) is 27.8 Å². The lowest BCUT2D eigenvalue weighted by Crippen LogP contribution is -2.47. The summed E-state index contributed by atoms with van der Waals surface area (Å²) in [7, 11) is 1.56. The molecule has 5 nitrogen and oxygen atoms in total. The van der Waals surface area contributed by atoms with Crippen LogP contribution >= 0.6 is 0 Å². The molecule has 0 aliphatic carbocycles. The van der Waals surface area contributed by atoms with Crippen LogP contribution in [-0.2, 0) is 14.3 Å². The van der Waals surface area contributed by atoms with E-state index in [2.05, 4.69) is 0 Å². The highest BCUT2D eigenvalue weighted by Crippen LogP contribution is 2.19. The molecular formula is C12H21NO4. The number of carbonyl (C=O) groups excluding carboxylic acids is 2. The first-order valence-electron chi connectivity index (χ1n) is 5.88. The van der Waals surface area contributed by atoms with Crippen LogP contribution in [0.25, 0.3) is 0 Å². The molecule has 0 N–H and O–H groups in total. The molecule has 1 saturated heterocycles. The Kier molecular flexibility index (Phi) is 4.51. The van der Waals surface area contributed by atoms with Crippen molar-refractivity contribution in [2.24, 2.45) is 0 Å². The van der Waals surface area contributed by atoms with Crippen molar-refractivity contribution >= 4 is 12.4 Å². The van der Waals surface area contributed by atoms with Crippen LogP contribution in [0.15, 0.2) is 0 Å². The standard InChI is InChI=1S/C12H21NO4/c1-12(2,3)17-11(15)13(4)9(8-14)10-6-5-7-16-10/h8-10H,5-7H2,1-4H3. The highest BCUT2D eigenvalue weighted by atomic mass is 16.6. The van der Waals surface area contributed by atoms with Gasteiger partial charge < -0.3 is 14.3 Å². The Morgan fingerprint density at radius 3 is 2.59 bits per heavy atom. The molecule has 0 radical (unpaired) electrons. The van der Waals surface area contributed by atoms with E-state index in [9.17, 15) is 9.59 Å². The lowest BCUT2D eigenvalue weighted by molar-refractivity contribution is -0.116. The number of nitrogens with zero attached hydrogens (tertiary/aromatic N) is 1. The molecule has 5 heteroatoms. The maximum Gasteiger partial charge on any atom is 0.410 e. The van der Waals surface area contributed by atoms with Crippen molar-refractivity contribution in [3.05, 3.63) is 0 Å². The van der Waals surface area contributed by atoms with Gasteiger partial charge in [0.1, 0.15) is 17.9 Å². The first kappa shape index (κ1) is 14.0. The minimum absolute atomic E-state index is 0.204. The number of hydrogen-bond donors (Lipinski definition) is 0. The third-order valence-corrected chi connectivity index (χ3v) is 2.61. The molecule has 0 spiro atoms. The Hall–Kier alpha value is -1.10. The van der Waals surface area contributed by atoms with Crippen LogP contribution in [0, 0.1) is 0 Å². The van der Waals surface area contributed by atoms with E-state index in [0.29, 0.717) is 6.61 Å². The molecule has 17 heavy (non-hydrogen) atoms. The second kappa shape index (κ2) is 5.49. The molecule has 0 aromatic rings. The van der Waals surface area contributed by atoms with Gasteiger partial charge in [0.25, 0.3) is 0 Å². The summed E-state index contributed by atoms with van der Waals surface area (Å²) in [6.45, 7) is 6.03. The minimum Gasteiger partial charge on any atom is -0.444 e. The Morgan fingerprint density at radius 2 is 2.18 bits per heavy atom. The monoisotopic (exact) mass is 243 g/mol. The SMILES string of the molecule is CN(C(=O)OC(C)(C)C)C(C=O)C1CCCO1. The van der Waals surface area contributed by atoms with Crippen molar-refractivity contribution in [1.82, 2.24) is 4.90 Å². The molecule has 2 atom stereocenters. The lowest BCUT2D eigenvalue weighted by atomic mass is 10.1. The second-order valence-electron chi connectivity index (χ2n) is 5.27. The average molecular weight is 243 g/mol. The summed E-state index contributed by atoms with van der Waals surface area (Å²) in [4.78, 5) is 24.2. The van der Waals surface area contributed by atoms with Gasteiger partial charge in [0.05, 0.1) is 6.10 Å². The van der Waals surface area contributed by atoms with Gasteiger partial charge >= 0.3 is 6.09 Å². The normalized spacial score (nSPS) is 22.0. The van der Waals surface area contributed by atoms with Gasteiger partial charge in [-0.25, -0.2) is 4.79 Å². The molecule has 1 heterocycles.